The van der Waals surface area contributed by atoms with Crippen LogP contribution in [0.4, 0.5) is 16.4 Å². The van der Waals surface area contributed by atoms with E-state index in [-0.39, 0.29) is 0 Å². The van der Waals surface area contributed by atoms with Crippen LogP contribution in [0.25, 0.3) is 43.5 Å². The summed E-state index contributed by atoms with van der Waals surface area (Å²) in [6.45, 7) is 11.4. The zero-order chi connectivity index (χ0) is 31.1. The Hall–Kier alpha value is -4.92. The first kappa shape index (κ1) is 28.8. The minimum absolute atomic E-state index is 1.14. The molecule has 7 aromatic rings. The molecule has 0 radical (unpaired) electrons. The minimum Gasteiger partial charge on any atom is -0.301 e. The standard InChI is InChI=1S/C43H37NS/c1-28-29(2)31(4)39(32(5)30(28)3)42-40(34-19-9-6-10-20-34)41(35-21-11-7-12-22-35)43(45-42)44(36-24-13-8-14-25-36)38-27-17-23-33-18-15-16-26-37(33)38/h6-27H,1-5H3. The lowest BCUT2D eigenvalue weighted by Crippen LogP contribution is -2.10. The Kier molecular flexibility index (Phi) is 7.61. The molecule has 0 saturated heterocycles. The fourth-order valence-electron chi connectivity index (χ4n) is 6.69. The van der Waals surface area contributed by atoms with Gasteiger partial charge in [0.25, 0.3) is 0 Å². The van der Waals surface area contributed by atoms with Crippen molar-refractivity contribution in [3.8, 4) is 32.7 Å². The highest BCUT2D eigenvalue weighted by atomic mass is 32.1. The minimum atomic E-state index is 1.14. The molecule has 7 rings (SSSR count). The predicted octanol–water partition coefficient (Wildman–Crippen LogP) is 12.9. The van der Waals surface area contributed by atoms with Crippen LogP contribution in [-0.2, 0) is 0 Å². The lowest BCUT2D eigenvalue weighted by atomic mass is 9.86. The maximum atomic E-state index is 2.49. The van der Waals surface area contributed by atoms with E-state index in [1.165, 1.54) is 82.0 Å². The van der Waals surface area contributed by atoms with E-state index in [1.807, 2.05) is 11.3 Å². The van der Waals surface area contributed by atoms with Crippen LogP contribution < -0.4 is 4.90 Å². The van der Waals surface area contributed by atoms with Gasteiger partial charge < -0.3 is 4.90 Å². The lowest BCUT2D eigenvalue weighted by Gasteiger charge is -2.27. The van der Waals surface area contributed by atoms with Crippen LogP contribution in [0.2, 0.25) is 0 Å². The van der Waals surface area contributed by atoms with Crippen molar-refractivity contribution < 1.29 is 0 Å². The molecule has 0 aliphatic rings. The highest BCUT2D eigenvalue weighted by Crippen LogP contribution is 2.57. The van der Waals surface area contributed by atoms with Gasteiger partial charge in [-0.2, -0.15) is 0 Å². The second-order valence-electron chi connectivity index (χ2n) is 11.9. The summed E-state index contributed by atoms with van der Waals surface area (Å²) >= 11 is 1.91. The summed E-state index contributed by atoms with van der Waals surface area (Å²) < 4.78 is 0. The molecule has 0 fully saturated rings. The maximum absolute atomic E-state index is 2.49. The first-order chi connectivity index (χ1) is 22.0. The van der Waals surface area contributed by atoms with Gasteiger partial charge in [0, 0.05) is 27.1 Å². The van der Waals surface area contributed by atoms with Crippen molar-refractivity contribution in [3.05, 3.63) is 161 Å². The third-order valence-corrected chi connectivity index (χ3v) is 10.7. The summed E-state index contributed by atoms with van der Waals surface area (Å²) in [5.41, 5.74) is 15.5. The van der Waals surface area contributed by atoms with E-state index in [9.17, 15) is 0 Å². The zero-order valence-electron chi connectivity index (χ0n) is 26.6. The van der Waals surface area contributed by atoms with E-state index in [0.29, 0.717) is 0 Å². The van der Waals surface area contributed by atoms with E-state index >= 15 is 0 Å². The highest BCUT2D eigenvalue weighted by molar-refractivity contribution is 7.21. The molecule has 0 bridgehead atoms. The zero-order valence-corrected chi connectivity index (χ0v) is 27.4. The summed E-state index contributed by atoms with van der Waals surface area (Å²) in [6.07, 6.45) is 0. The smallest absolute Gasteiger partial charge is 0.109 e. The number of rotatable bonds is 6. The van der Waals surface area contributed by atoms with E-state index in [4.69, 9.17) is 0 Å². The normalized spacial score (nSPS) is 11.2. The molecule has 0 amide bonds. The van der Waals surface area contributed by atoms with Crippen molar-refractivity contribution >= 4 is 38.5 Å². The molecule has 0 saturated carbocycles. The lowest BCUT2D eigenvalue weighted by molar-refractivity contribution is 1.18. The van der Waals surface area contributed by atoms with Crippen molar-refractivity contribution in [2.24, 2.45) is 0 Å². The van der Waals surface area contributed by atoms with Crippen LogP contribution >= 0.6 is 11.3 Å². The number of benzene rings is 6. The Morgan fingerprint density at radius 1 is 0.422 bits per heavy atom. The van der Waals surface area contributed by atoms with E-state index in [1.54, 1.807) is 0 Å². The molecule has 6 aromatic carbocycles. The van der Waals surface area contributed by atoms with Crippen molar-refractivity contribution in [1.29, 1.82) is 0 Å². The average molecular weight is 600 g/mol. The van der Waals surface area contributed by atoms with Crippen LogP contribution in [0.15, 0.2) is 133 Å². The van der Waals surface area contributed by atoms with Crippen LogP contribution in [0, 0.1) is 34.6 Å². The molecular weight excluding hydrogens is 563 g/mol. The van der Waals surface area contributed by atoms with Crippen LogP contribution in [0.3, 0.4) is 0 Å². The molecule has 1 nitrogen and oxygen atoms in total. The summed E-state index contributed by atoms with van der Waals surface area (Å²) in [5.74, 6) is 0. The second kappa shape index (κ2) is 11.9. The van der Waals surface area contributed by atoms with Crippen molar-refractivity contribution in [2.75, 3.05) is 4.90 Å². The fourth-order valence-corrected chi connectivity index (χ4v) is 8.23. The Balaban J connectivity index is 1.67. The van der Waals surface area contributed by atoms with Crippen LogP contribution in [-0.4, -0.2) is 0 Å². The topological polar surface area (TPSA) is 3.24 Å². The molecule has 45 heavy (non-hydrogen) atoms. The highest BCUT2D eigenvalue weighted by Gasteiger charge is 2.29. The van der Waals surface area contributed by atoms with Gasteiger partial charge in [-0.3, -0.25) is 0 Å². The molecule has 0 spiro atoms. The summed E-state index contributed by atoms with van der Waals surface area (Å²) in [7, 11) is 0. The third kappa shape index (κ3) is 4.96. The largest absolute Gasteiger partial charge is 0.301 e. The number of hydrogen-bond acceptors (Lipinski definition) is 2. The molecule has 220 valence electrons. The molecule has 1 heterocycles. The Bertz CT molecular complexity index is 2110. The van der Waals surface area contributed by atoms with Gasteiger partial charge in [-0.25, -0.2) is 0 Å². The van der Waals surface area contributed by atoms with Gasteiger partial charge in [-0.1, -0.05) is 115 Å². The summed E-state index contributed by atoms with van der Waals surface area (Å²) in [6, 6.07) is 48.2. The van der Waals surface area contributed by atoms with Crippen molar-refractivity contribution in [1.82, 2.24) is 0 Å². The predicted molar refractivity (Wildman–Crippen MR) is 197 cm³/mol. The Labute approximate surface area is 271 Å². The number of fused-ring (bicyclic) bond motifs is 1. The van der Waals surface area contributed by atoms with Crippen LogP contribution in [0.1, 0.15) is 27.8 Å². The van der Waals surface area contributed by atoms with E-state index in [0.717, 1.165) is 5.69 Å². The molecule has 0 N–H and O–H groups in total. The van der Waals surface area contributed by atoms with Gasteiger partial charge in [-0.05, 0) is 103 Å². The molecule has 0 unspecified atom stereocenters. The van der Waals surface area contributed by atoms with Crippen molar-refractivity contribution in [2.45, 2.75) is 34.6 Å². The van der Waals surface area contributed by atoms with Gasteiger partial charge in [0.1, 0.15) is 5.00 Å². The number of hydrogen-bond donors (Lipinski definition) is 0. The summed E-state index contributed by atoms with van der Waals surface area (Å²) in [4.78, 5) is 3.81. The molecule has 0 aliphatic carbocycles. The molecular formula is C43H37NS. The van der Waals surface area contributed by atoms with Gasteiger partial charge in [0.2, 0.25) is 0 Å². The molecule has 2 heteroatoms. The molecule has 1 aromatic heterocycles. The van der Waals surface area contributed by atoms with Gasteiger partial charge in [0.15, 0.2) is 0 Å². The monoisotopic (exact) mass is 599 g/mol. The third-order valence-electron chi connectivity index (χ3n) is 9.47. The second-order valence-corrected chi connectivity index (χ2v) is 12.9. The maximum Gasteiger partial charge on any atom is 0.109 e. The number of thiophene rings is 1. The molecule has 0 atom stereocenters. The van der Waals surface area contributed by atoms with Gasteiger partial charge in [-0.15, -0.1) is 11.3 Å². The first-order valence-corrected chi connectivity index (χ1v) is 16.4. The molecule has 0 aliphatic heterocycles. The van der Waals surface area contributed by atoms with Gasteiger partial charge >= 0.3 is 0 Å². The number of anilines is 3. The summed E-state index contributed by atoms with van der Waals surface area (Å²) in [5, 5.41) is 3.68. The van der Waals surface area contributed by atoms with Crippen molar-refractivity contribution in [3.63, 3.8) is 0 Å². The Morgan fingerprint density at radius 3 is 1.53 bits per heavy atom. The first-order valence-electron chi connectivity index (χ1n) is 15.6. The fraction of sp³-hybridized carbons (Fsp3) is 0.116. The van der Waals surface area contributed by atoms with E-state index < -0.39 is 0 Å². The quantitative estimate of drug-likeness (QED) is 0.184. The number of nitrogens with zero attached hydrogens (tertiary/aromatic N) is 1. The average Bonchev–Trinajstić information content (AvgIpc) is 3.47. The van der Waals surface area contributed by atoms with E-state index in [2.05, 4.69) is 173 Å². The Morgan fingerprint density at radius 2 is 0.911 bits per heavy atom. The number of para-hydroxylation sites is 1. The SMILES string of the molecule is Cc1c(C)c(C)c(-c2sc(N(c3ccccc3)c3cccc4ccccc34)c(-c3ccccc3)c2-c2ccccc2)c(C)c1C. The van der Waals surface area contributed by atoms with Gasteiger partial charge in [0.05, 0.1) is 5.69 Å². The van der Waals surface area contributed by atoms with Crippen LogP contribution in [0.5, 0.6) is 0 Å².